The van der Waals surface area contributed by atoms with Gasteiger partial charge in [-0.1, -0.05) is 125 Å². The van der Waals surface area contributed by atoms with Crippen LogP contribution in [0.25, 0.3) is 22.3 Å². The van der Waals surface area contributed by atoms with Gasteiger partial charge in [0.1, 0.15) is 0 Å². The van der Waals surface area contributed by atoms with Crippen LogP contribution in [0.5, 0.6) is 0 Å². The highest BCUT2D eigenvalue weighted by molar-refractivity contribution is 5.92. The first-order valence-electron chi connectivity index (χ1n) is 18.3. The molecule has 10 nitrogen and oxygen atoms in total. The lowest BCUT2D eigenvalue weighted by atomic mass is 9.85. The summed E-state index contributed by atoms with van der Waals surface area (Å²) in [7, 11) is 0. The van der Waals surface area contributed by atoms with Crippen molar-refractivity contribution in [2.75, 3.05) is 26.4 Å². The van der Waals surface area contributed by atoms with Crippen LogP contribution >= 0.6 is 0 Å². The Labute approximate surface area is 326 Å². The van der Waals surface area contributed by atoms with Crippen molar-refractivity contribution in [2.24, 2.45) is 22.7 Å². The van der Waals surface area contributed by atoms with E-state index in [0.29, 0.717) is 0 Å². The molecule has 0 aromatic heterocycles. The molecule has 0 aliphatic heterocycles. The second-order valence-corrected chi connectivity index (χ2v) is 15.6. The fourth-order valence-electron chi connectivity index (χ4n) is 7.20. The molecule has 0 bridgehead atoms. The first-order chi connectivity index (χ1) is 26.8. The lowest BCUT2D eigenvalue weighted by molar-refractivity contribution is -0.154. The SMILES string of the molecule is CC(C)(COC(=O)C=CC(=O)OCC(C)(C)COC(=O)C(C#N)C1c2ccccc2-c2ccccc21)COC(=O)C(C#N)C1c2ccccc2-c2ccccc21. The van der Waals surface area contributed by atoms with Gasteiger partial charge in [0.15, 0.2) is 11.8 Å². The number of benzene rings is 4. The molecule has 6 rings (SSSR count). The average molecular weight is 751 g/mol. The molecule has 0 fully saturated rings. The maximum atomic E-state index is 13.3. The average Bonchev–Trinajstić information content (AvgIpc) is 3.71. The Balaban J connectivity index is 0.944. The van der Waals surface area contributed by atoms with Crippen molar-refractivity contribution in [3.63, 3.8) is 0 Å². The monoisotopic (exact) mass is 750 g/mol. The predicted molar refractivity (Wildman–Crippen MR) is 206 cm³/mol. The van der Waals surface area contributed by atoms with Gasteiger partial charge in [0.25, 0.3) is 0 Å². The second-order valence-electron chi connectivity index (χ2n) is 15.6. The van der Waals surface area contributed by atoms with Crippen molar-refractivity contribution < 1.29 is 38.1 Å². The third kappa shape index (κ3) is 8.40. The van der Waals surface area contributed by atoms with Crippen molar-refractivity contribution in [3.05, 3.63) is 131 Å². The molecular weight excluding hydrogens is 709 g/mol. The number of carbonyl (C=O) groups excluding carboxylic acids is 4. The zero-order valence-electron chi connectivity index (χ0n) is 31.7. The number of esters is 4. The number of fused-ring (bicyclic) bond motifs is 6. The lowest BCUT2D eigenvalue weighted by Crippen LogP contribution is -2.31. The number of ether oxygens (including phenoxy) is 4. The fourth-order valence-corrected chi connectivity index (χ4v) is 7.20. The molecule has 0 radical (unpaired) electrons. The largest absolute Gasteiger partial charge is 0.464 e. The van der Waals surface area contributed by atoms with Crippen LogP contribution in [0, 0.1) is 45.3 Å². The maximum absolute atomic E-state index is 13.3. The van der Waals surface area contributed by atoms with E-state index in [1.165, 1.54) is 0 Å². The highest BCUT2D eigenvalue weighted by Crippen LogP contribution is 2.49. The summed E-state index contributed by atoms with van der Waals surface area (Å²) in [6.45, 7) is 6.47. The van der Waals surface area contributed by atoms with Gasteiger partial charge in [0.2, 0.25) is 0 Å². The van der Waals surface area contributed by atoms with Crippen LogP contribution in [0.3, 0.4) is 0 Å². The minimum Gasteiger partial charge on any atom is -0.464 e. The molecule has 4 aromatic carbocycles. The highest BCUT2D eigenvalue weighted by Gasteiger charge is 2.41. The molecule has 0 heterocycles. The number of hydrogen-bond acceptors (Lipinski definition) is 10. The van der Waals surface area contributed by atoms with E-state index in [2.05, 4.69) is 12.1 Å². The summed E-state index contributed by atoms with van der Waals surface area (Å²) in [5, 5.41) is 20.1. The van der Waals surface area contributed by atoms with Crippen LogP contribution in [0.2, 0.25) is 0 Å². The molecule has 0 saturated heterocycles. The van der Waals surface area contributed by atoms with Gasteiger partial charge in [-0.25, -0.2) is 9.59 Å². The topological polar surface area (TPSA) is 153 Å². The summed E-state index contributed by atoms with van der Waals surface area (Å²) < 4.78 is 21.9. The molecule has 4 aromatic rings. The number of rotatable bonds is 14. The Hall–Kier alpha value is -6.52. The van der Waals surface area contributed by atoms with Crippen molar-refractivity contribution in [3.8, 4) is 34.4 Å². The van der Waals surface area contributed by atoms with Gasteiger partial charge in [0, 0.05) is 34.8 Å². The maximum Gasteiger partial charge on any atom is 0.331 e. The van der Waals surface area contributed by atoms with Gasteiger partial charge in [-0.15, -0.1) is 0 Å². The van der Waals surface area contributed by atoms with Gasteiger partial charge >= 0.3 is 23.9 Å². The van der Waals surface area contributed by atoms with Crippen LogP contribution in [0.1, 0.15) is 61.8 Å². The lowest BCUT2D eigenvalue weighted by Gasteiger charge is -2.25. The summed E-state index contributed by atoms with van der Waals surface area (Å²) >= 11 is 0. The van der Waals surface area contributed by atoms with E-state index >= 15 is 0 Å². The van der Waals surface area contributed by atoms with Gasteiger partial charge in [0.05, 0.1) is 38.6 Å². The molecule has 2 aliphatic rings. The van der Waals surface area contributed by atoms with Crippen molar-refractivity contribution >= 4 is 23.9 Å². The molecule has 0 spiro atoms. The molecule has 2 aliphatic carbocycles. The normalized spacial score (nSPS) is 14.2. The summed E-state index contributed by atoms with van der Waals surface area (Å²) in [5.41, 5.74) is 5.90. The molecule has 0 saturated carbocycles. The first kappa shape index (κ1) is 39.2. The van der Waals surface area contributed by atoms with E-state index in [9.17, 15) is 29.7 Å². The van der Waals surface area contributed by atoms with Crippen LogP contribution < -0.4 is 0 Å². The minimum atomic E-state index is -1.08. The van der Waals surface area contributed by atoms with E-state index in [-0.39, 0.29) is 26.4 Å². The van der Waals surface area contributed by atoms with E-state index < -0.39 is 58.4 Å². The van der Waals surface area contributed by atoms with Crippen LogP contribution in [-0.4, -0.2) is 50.3 Å². The number of nitriles is 2. The Kier molecular flexibility index (Phi) is 11.5. The van der Waals surface area contributed by atoms with Crippen molar-refractivity contribution in [2.45, 2.75) is 39.5 Å². The number of hydrogen-bond donors (Lipinski definition) is 0. The smallest absolute Gasteiger partial charge is 0.331 e. The Bertz CT molecular complexity index is 2030. The van der Waals surface area contributed by atoms with E-state index in [1.807, 2.05) is 97.1 Å². The Morgan fingerprint density at radius 1 is 0.518 bits per heavy atom. The van der Waals surface area contributed by atoms with Crippen molar-refractivity contribution in [1.29, 1.82) is 10.5 Å². The highest BCUT2D eigenvalue weighted by atomic mass is 16.6. The summed E-state index contributed by atoms with van der Waals surface area (Å²) in [6, 6.07) is 35.1. The molecule has 10 heteroatoms. The minimum absolute atomic E-state index is 0.116. The van der Waals surface area contributed by atoms with Crippen LogP contribution in [-0.2, 0) is 38.1 Å². The quantitative estimate of drug-likeness (QED) is 0.0713. The third-order valence-corrected chi connectivity index (χ3v) is 9.99. The summed E-state index contributed by atoms with van der Waals surface area (Å²) in [6.07, 6.45) is 1.87. The van der Waals surface area contributed by atoms with E-state index in [1.54, 1.807) is 27.7 Å². The number of nitrogens with zero attached hydrogens (tertiary/aromatic N) is 2. The van der Waals surface area contributed by atoms with Crippen LogP contribution in [0.4, 0.5) is 0 Å². The van der Waals surface area contributed by atoms with E-state index in [0.717, 1.165) is 56.7 Å². The number of carbonyl (C=O) groups is 4. The van der Waals surface area contributed by atoms with Gasteiger partial charge in [-0.2, -0.15) is 10.5 Å². The van der Waals surface area contributed by atoms with Crippen molar-refractivity contribution in [1.82, 2.24) is 0 Å². The first-order valence-corrected chi connectivity index (χ1v) is 18.3. The summed E-state index contributed by atoms with van der Waals surface area (Å²) in [5.74, 6) is -6.04. The Morgan fingerprint density at radius 2 is 0.786 bits per heavy atom. The molecule has 284 valence electrons. The molecule has 2 unspecified atom stereocenters. The molecule has 2 atom stereocenters. The summed E-state index contributed by atoms with van der Waals surface area (Å²) in [4.78, 5) is 51.5. The third-order valence-electron chi connectivity index (χ3n) is 9.99. The van der Waals surface area contributed by atoms with Crippen LogP contribution in [0.15, 0.2) is 109 Å². The van der Waals surface area contributed by atoms with E-state index in [4.69, 9.17) is 18.9 Å². The molecule has 0 amide bonds. The standard InChI is InChI=1S/C46H42N2O8/c1-45(2,27-55-43(51)37(23-47)41-33-17-9-5-13-29(33)30-14-6-10-18-34(30)41)25-53-39(49)21-22-40(50)54-26-46(3,4)28-56-44(52)38(24-48)42-35-19-11-7-15-31(35)32-16-8-12-20-36(32)42/h5-22,37-38,41-42H,25-28H2,1-4H3. The second kappa shape index (κ2) is 16.5. The van der Waals surface area contributed by atoms with Gasteiger partial charge in [-0.3, -0.25) is 9.59 Å². The fraction of sp³-hybridized carbons (Fsp3) is 0.304. The van der Waals surface area contributed by atoms with Gasteiger partial charge in [-0.05, 0) is 44.5 Å². The van der Waals surface area contributed by atoms with Gasteiger partial charge < -0.3 is 18.9 Å². The Morgan fingerprint density at radius 3 is 1.07 bits per heavy atom. The molecule has 56 heavy (non-hydrogen) atoms. The zero-order chi connectivity index (χ0) is 40.0. The molecule has 0 N–H and O–H groups in total. The zero-order valence-corrected chi connectivity index (χ0v) is 31.7. The predicted octanol–water partition coefficient (Wildman–Crippen LogP) is 7.67. The molecular formula is C46H42N2O8.